The van der Waals surface area contributed by atoms with E-state index >= 15 is 0 Å². The summed E-state index contributed by atoms with van der Waals surface area (Å²) in [5.41, 5.74) is 3.23. The molecule has 0 amide bonds. The SMILES string of the molecule is C=C/C=C\C1=C(/CC)C(C)/C(C#N)=C(C#N)\C=C/CN1C. The summed E-state index contributed by atoms with van der Waals surface area (Å²) in [6, 6.07) is 4.36. The molecule has 21 heavy (non-hydrogen) atoms. The first-order chi connectivity index (χ1) is 10.1. The van der Waals surface area contributed by atoms with Gasteiger partial charge in [-0.3, -0.25) is 0 Å². The Morgan fingerprint density at radius 3 is 2.67 bits per heavy atom. The number of rotatable bonds is 3. The Balaban J connectivity index is 3.57. The lowest BCUT2D eigenvalue weighted by atomic mass is 9.87. The Morgan fingerprint density at radius 1 is 1.43 bits per heavy atom. The van der Waals surface area contributed by atoms with E-state index in [1.807, 2.05) is 32.2 Å². The molecule has 108 valence electrons. The first-order valence-corrected chi connectivity index (χ1v) is 7.04. The van der Waals surface area contributed by atoms with Crippen LogP contribution in [0.4, 0.5) is 0 Å². The first kappa shape index (κ1) is 16.5. The summed E-state index contributed by atoms with van der Waals surface area (Å²) < 4.78 is 0. The average molecular weight is 279 g/mol. The zero-order valence-electron chi connectivity index (χ0n) is 12.9. The van der Waals surface area contributed by atoms with Crippen molar-refractivity contribution < 1.29 is 0 Å². The van der Waals surface area contributed by atoms with E-state index in [0.717, 1.165) is 17.7 Å². The lowest BCUT2D eigenvalue weighted by Crippen LogP contribution is -2.20. The molecule has 1 aliphatic heterocycles. The van der Waals surface area contributed by atoms with E-state index in [0.29, 0.717) is 17.7 Å². The van der Waals surface area contributed by atoms with Gasteiger partial charge >= 0.3 is 0 Å². The molecule has 1 aliphatic rings. The number of hydrogen-bond acceptors (Lipinski definition) is 3. The van der Waals surface area contributed by atoms with E-state index in [2.05, 4.69) is 30.5 Å². The maximum Gasteiger partial charge on any atom is 0.100 e. The normalized spacial score (nSPS) is 28.2. The van der Waals surface area contributed by atoms with E-state index in [4.69, 9.17) is 0 Å². The number of nitriles is 2. The topological polar surface area (TPSA) is 50.8 Å². The van der Waals surface area contributed by atoms with Gasteiger partial charge in [-0.25, -0.2) is 0 Å². The molecule has 3 heteroatoms. The van der Waals surface area contributed by atoms with Gasteiger partial charge in [-0.1, -0.05) is 38.7 Å². The second-order valence-electron chi connectivity index (χ2n) is 4.91. The molecule has 0 saturated carbocycles. The molecule has 0 fully saturated rings. The summed E-state index contributed by atoms with van der Waals surface area (Å²) in [7, 11) is 2.01. The number of nitrogens with zero attached hydrogens (tertiary/aromatic N) is 3. The minimum atomic E-state index is -0.0793. The molecule has 0 N–H and O–H groups in total. The molecule has 1 atom stereocenters. The van der Waals surface area contributed by atoms with Crippen molar-refractivity contribution in [1.29, 1.82) is 10.5 Å². The number of hydrogen-bond donors (Lipinski definition) is 0. The number of allylic oxidation sites excluding steroid dienone is 7. The van der Waals surface area contributed by atoms with Crippen molar-refractivity contribution in [3.05, 3.63) is 59.4 Å². The highest BCUT2D eigenvalue weighted by atomic mass is 15.1. The molecule has 3 nitrogen and oxygen atoms in total. The Bertz CT molecular complexity index is 603. The van der Waals surface area contributed by atoms with Gasteiger partial charge in [0.05, 0.1) is 17.2 Å². The van der Waals surface area contributed by atoms with Crippen LogP contribution in [0.3, 0.4) is 0 Å². The fraction of sp³-hybridized carbons (Fsp3) is 0.333. The van der Waals surface area contributed by atoms with Crippen LogP contribution in [-0.2, 0) is 0 Å². The van der Waals surface area contributed by atoms with Gasteiger partial charge in [0.1, 0.15) is 6.07 Å². The average Bonchev–Trinajstić information content (AvgIpc) is 2.53. The van der Waals surface area contributed by atoms with Crippen LogP contribution < -0.4 is 0 Å². The molecule has 0 aromatic rings. The van der Waals surface area contributed by atoms with Crippen LogP contribution in [0.1, 0.15) is 20.3 Å². The van der Waals surface area contributed by atoms with Crippen molar-refractivity contribution in [3.63, 3.8) is 0 Å². The lowest BCUT2D eigenvalue weighted by molar-refractivity contribution is 0.465. The predicted octanol–water partition coefficient (Wildman–Crippen LogP) is 3.87. The standard InChI is InChI=1S/C18H21N3/c1-5-7-10-18-16(6-2)14(3)17(13-20)15(12-19)9-8-11-21(18)4/h5,7-10,14H,1,6,11H2,2-4H3/b9-8-,10-7-,17-15+,18-16-. The zero-order valence-corrected chi connectivity index (χ0v) is 12.9. The van der Waals surface area contributed by atoms with Crippen LogP contribution in [0, 0.1) is 28.6 Å². The molecule has 0 aliphatic carbocycles. The maximum atomic E-state index is 9.45. The van der Waals surface area contributed by atoms with Crippen LogP contribution in [0.25, 0.3) is 0 Å². The summed E-state index contributed by atoms with van der Waals surface area (Å²) in [6.07, 6.45) is 10.1. The fourth-order valence-electron chi connectivity index (χ4n) is 2.53. The molecule has 0 aromatic heterocycles. The van der Waals surface area contributed by atoms with E-state index in [1.165, 1.54) is 0 Å². The third-order valence-corrected chi connectivity index (χ3v) is 3.66. The number of likely N-dealkylation sites (N-methyl/N-ethyl adjacent to an activating group) is 1. The van der Waals surface area contributed by atoms with E-state index in [1.54, 1.807) is 12.2 Å². The van der Waals surface area contributed by atoms with Gasteiger partial charge in [-0.15, -0.1) is 0 Å². The van der Waals surface area contributed by atoms with Gasteiger partial charge < -0.3 is 4.90 Å². The van der Waals surface area contributed by atoms with Crippen LogP contribution in [0.2, 0.25) is 0 Å². The third-order valence-electron chi connectivity index (χ3n) is 3.66. The Morgan fingerprint density at radius 2 is 2.14 bits per heavy atom. The lowest BCUT2D eigenvalue weighted by Gasteiger charge is -2.25. The molecule has 0 saturated heterocycles. The first-order valence-electron chi connectivity index (χ1n) is 7.04. The summed E-state index contributed by atoms with van der Waals surface area (Å²) in [4.78, 5) is 2.13. The predicted molar refractivity (Wildman–Crippen MR) is 85.8 cm³/mol. The summed E-state index contributed by atoms with van der Waals surface area (Å²) >= 11 is 0. The summed E-state index contributed by atoms with van der Waals surface area (Å²) in [6.45, 7) is 8.47. The van der Waals surface area contributed by atoms with Gasteiger partial charge in [0.15, 0.2) is 0 Å². The zero-order chi connectivity index (χ0) is 15.8. The molecule has 1 heterocycles. The molecule has 1 rings (SSSR count). The maximum absolute atomic E-state index is 9.45. The molecule has 0 aromatic carbocycles. The molecule has 1 unspecified atom stereocenters. The van der Waals surface area contributed by atoms with Crippen LogP contribution >= 0.6 is 0 Å². The Kier molecular flexibility index (Phi) is 6.24. The molecular weight excluding hydrogens is 258 g/mol. The highest BCUT2D eigenvalue weighted by molar-refractivity contribution is 5.49. The highest BCUT2D eigenvalue weighted by Gasteiger charge is 2.21. The van der Waals surface area contributed by atoms with Crippen molar-refractivity contribution in [2.75, 3.05) is 13.6 Å². The fourth-order valence-corrected chi connectivity index (χ4v) is 2.53. The van der Waals surface area contributed by atoms with Gasteiger partial charge in [-0.05, 0) is 24.1 Å². The third kappa shape index (κ3) is 3.74. The molecule has 0 radical (unpaired) electrons. The van der Waals surface area contributed by atoms with Gasteiger partial charge in [0.25, 0.3) is 0 Å². The second-order valence-corrected chi connectivity index (χ2v) is 4.91. The monoisotopic (exact) mass is 279 g/mol. The quantitative estimate of drug-likeness (QED) is 0.737. The van der Waals surface area contributed by atoms with Crippen molar-refractivity contribution in [2.24, 2.45) is 5.92 Å². The van der Waals surface area contributed by atoms with Crippen molar-refractivity contribution in [3.8, 4) is 12.1 Å². The van der Waals surface area contributed by atoms with Crippen molar-refractivity contribution in [2.45, 2.75) is 20.3 Å². The minimum absolute atomic E-state index is 0.0793. The Hall–Kier alpha value is -2.52. The smallest absolute Gasteiger partial charge is 0.100 e. The van der Waals surface area contributed by atoms with Crippen molar-refractivity contribution >= 4 is 0 Å². The van der Waals surface area contributed by atoms with Crippen LogP contribution in [0.15, 0.2) is 59.4 Å². The largest absolute Gasteiger partial charge is 0.371 e. The van der Waals surface area contributed by atoms with Crippen molar-refractivity contribution in [1.82, 2.24) is 4.90 Å². The van der Waals surface area contributed by atoms with Crippen LogP contribution in [0.5, 0.6) is 0 Å². The second kappa shape index (κ2) is 7.92. The Labute approximate surface area is 127 Å². The molecule has 0 spiro atoms. The van der Waals surface area contributed by atoms with E-state index in [-0.39, 0.29) is 5.92 Å². The highest BCUT2D eigenvalue weighted by Crippen LogP contribution is 2.30. The van der Waals surface area contributed by atoms with Gasteiger partial charge in [-0.2, -0.15) is 10.5 Å². The van der Waals surface area contributed by atoms with E-state index < -0.39 is 0 Å². The van der Waals surface area contributed by atoms with E-state index in [9.17, 15) is 10.5 Å². The summed E-state index contributed by atoms with van der Waals surface area (Å²) in [5.74, 6) is -0.0793. The van der Waals surface area contributed by atoms with Crippen LogP contribution in [-0.4, -0.2) is 18.5 Å². The minimum Gasteiger partial charge on any atom is -0.371 e. The molecule has 0 bridgehead atoms. The molecular formula is C18H21N3. The summed E-state index contributed by atoms with van der Waals surface area (Å²) in [5, 5.41) is 18.7. The van der Waals surface area contributed by atoms with Gasteiger partial charge in [0, 0.05) is 25.2 Å². The van der Waals surface area contributed by atoms with Gasteiger partial charge in [0.2, 0.25) is 0 Å².